The fourth-order valence-electron chi connectivity index (χ4n) is 1.51. The van der Waals surface area contributed by atoms with Crippen molar-refractivity contribution in [3.05, 3.63) is 39.7 Å². The Hall–Kier alpha value is -1.64. The van der Waals surface area contributed by atoms with Crippen molar-refractivity contribution in [3.63, 3.8) is 0 Å². The zero-order chi connectivity index (χ0) is 14.7. The van der Waals surface area contributed by atoms with E-state index in [0.717, 1.165) is 15.6 Å². The third kappa shape index (κ3) is 3.09. The summed E-state index contributed by atoms with van der Waals surface area (Å²) in [5, 5.41) is 1.53. The number of thiazole rings is 1. The standard InChI is InChI=1S/C11H9ClN2O4S2/c1-18-10(15)7-2-4-8(5-3-7)14(20(16)17)9-6-19-11(12)13-9/h2-6,20H,1H3. The zero-order valence-electron chi connectivity index (χ0n) is 10.1. The first-order chi connectivity index (χ1) is 9.52. The summed E-state index contributed by atoms with van der Waals surface area (Å²) in [7, 11) is -1.66. The molecule has 0 spiro atoms. The topological polar surface area (TPSA) is 76.6 Å². The van der Waals surface area contributed by atoms with E-state index in [1.54, 1.807) is 0 Å². The van der Waals surface area contributed by atoms with Gasteiger partial charge < -0.3 is 4.74 Å². The molecule has 0 bridgehead atoms. The molecule has 1 aromatic heterocycles. The molecule has 1 heterocycles. The van der Waals surface area contributed by atoms with Crippen LogP contribution in [-0.4, -0.2) is 26.5 Å². The highest BCUT2D eigenvalue weighted by Gasteiger charge is 2.16. The number of aromatic nitrogens is 1. The molecule has 1 aromatic carbocycles. The van der Waals surface area contributed by atoms with E-state index in [4.69, 9.17) is 11.6 Å². The molecule has 0 amide bonds. The molecule has 6 nitrogen and oxygen atoms in total. The van der Waals surface area contributed by atoms with Gasteiger partial charge in [-0.2, -0.15) is 0 Å². The number of anilines is 2. The Labute approximate surface area is 125 Å². The molecule has 106 valence electrons. The van der Waals surface area contributed by atoms with Gasteiger partial charge in [0, 0.05) is 5.38 Å². The van der Waals surface area contributed by atoms with E-state index in [0.29, 0.717) is 11.3 Å². The zero-order valence-corrected chi connectivity index (χ0v) is 12.6. The highest BCUT2D eigenvalue weighted by molar-refractivity contribution is 7.74. The lowest BCUT2D eigenvalue weighted by Gasteiger charge is -2.14. The molecule has 0 atom stereocenters. The van der Waals surface area contributed by atoms with Crippen LogP contribution in [0.3, 0.4) is 0 Å². The van der Waals surface area contributed by atoms with Crippen molar-refractivity contribution in [1.82, 2.24) is 4.98 Å². The van der Waals surface area contributed by atoms with Gasteiger partial charge in [-0.1, -0.05) is 11.6 Å². The Morgan fingerprint density at radius 2 is 2.00 bits per heavy atom. The smallest absolute Gasteiger partial charge is 0.337 e. The number of hydrogen-bond acceptors (Lipinski definition) is 6. The van der Waals surface area contributed by atoms with Crippen LogP contribution in [-0.2, 0) is 15.6 Å². The summed E-state index contributed by atoms with van der Waals surface area (Å²) in [6, 6.07) is 5.93. The maximum absolute atomic E-state index is 11.4. The molecule has 0 aliphatic heterocycles. The van der Waals surface area contributed by atoms with Gasteiger partial charge in [0.15, 0.2) is 10.3 Å². The maximum atomic E-state index is 11.4. The van der Waals surface area contributed by atoms with E-state index in [-0.39, 0.29) is 10.3 Å². The molecule has 0 saturated heterocycles. The van der Waals surface area contributed by atoms with Gasteiger partial charge in [-0.15, -0.1) is 11.3 Å². The Morgan fingerprint density at radius 3 is 2.45 bits per heavy atom. The van der Waals surface area contributed by atoms with Crippen molar-refractivity contribution < 1.29 is 17.9 Å². The van der Waals surface area contributed by atoms with E-state index in [9.17, 15) is 13.2 Å². The summed E-state index contributed by atoms with van der Waals surface area (Å²) in [6.45, 7) is 0. The fraction of sp³-hybridized carbons (Fsp3) is 0.0909. The number of halogens is 1. The number of methoxy groups -OCH3 is 1. The summed E-state index contributed by atoms with van der Waals surface area (Å²) in [5.74, 6) is -0.284. The number of nitrogens with zero attached hydrogens (tertiary/aromatic N) is 2. The molecule has 0 unspecified atom stereocenters. The Morgan fingerprint density at radius 1 is 1.35 bits per heavy atom. The average molecular weight is 333 g/mol. The Kier molecular flexibility index (Phi) is 4.58. The summed E-state index contributed by atoms with van der Waals surface area (Å²) in [5.41, 5.74) is 0.685. The summed E-state index contributed by atoms with van der Waals surface area (Å²) in [4.78, 5) is 15.2. The summed E-state index contributed by atoms with van der Waals surface area (Å²) >= 11 is 6.83. The van der Waals surface area contributed by atoms with E-state index in [2.05, 4.69) is 9.72 Å². The highest BCUT2D eigenvalue weighted by atomic mass is 35.5. The monoisotopic (exact) mass is 332 g/mol. The molecule has 0 N–H and O–H groups in total. The van der Waals surface area contributed by atoms with Gasteiger partial charge in [0.1, 0.15) is 0 Å². The van der Waals surface area contributed by atoms with Gasteiger partial charge in [0.25, 0.3) is 0 Å². The van der Waals surface area contributed by atoms with Crippen molar-refractivity contribution in [3.8, 4) is 0 Å². The Balaban J connectivity index is 2.38. The number of hydrogen-bond donors (Lipinski definition) is 1. The van der Waals surface area contributed by atoms with E-state index in [1.165, 1.54) is 36.8 Å². The van der Waals surface area contributed by atoms with Crippen LogP contribution in [0.5, 0.6) is 0 Å². The van der Waals surface area contributed by atoms with Gasteiger partial charge >= 0.3 is 5.97 Å². The number of carbonyl (C=O) groups is 1. The van der Waals surface area contributed by atoms with Crippen molar-refractivity contribution in [2.45, 2.75) is 0 Å². The summed E-state index contributed by atoms with van der Waals surface area (Å²) < 4.78 is 28.6. The minimum absolute atomic E-state index is 0.210. The van der Waals surface area contributed by atoms with Crippen LogP contribution in [0.15, 0.2) is 29.6 Å². The molecule has 0 aliphatic carbocycles. The van der Waals surface area contributed by atoms with Crippen LogP contribution in [0.4, 0.5) is 11.5 Å². The minimum atomic E-state index is -2.93. The van der Waals surface area contributed by atoms with Crippen LogP contribution in [0.2, 0.25) is 4.47 Å². The molecule has 2 aromatic rings. The second kappa shape index (κ2) is 6.21. The molecule has 0 aliphatic rings. The fourth-order valence-corrected chi connectivity index (χ4v) is 2.91. The first kappa shape index (κ1) is 14.8. The van der Waals surface area contributed by atoms with Crippen molar-refractivity contribution in [1.29, 1.82) is 0 Å². The van der Waals surface area contributed by atoms with E-state index >= 15 is 0 Å². The van der Waals surface area contributed by atoms with Crippen molar-refractivity contribution in [2.24, 2.45) is 0 Å². The lowest BCUT2D eigenvalue weighted by atomic mass is 10.2. The number of esters is 1. The van der Waals surface area contributed by atoms with E-state index < -0.39 is 16.9 Å². The number of rotatable bonds is 4. The average Bonchev–Trinajstić information content (AvgIpc) is 2.85. The summed E-state index contributed by atoms with van der Waals surface area (Å²) in [6.07, 6.45) is 0. The first-order valence-corrected chi connectivity index (χ1v) is 7.65. The molecule has 0 saturated carbocycles. The SMILES string of the molecule is COC(=O)c1ccc(N(c2csc(Cl)n2)[SH](=O)=O)cc1. The molecule has 9 heteroatoms. The minimum Gasteiger partial charge on any atom is -0.465 e. The maximum Gasteiger partial charge on any atom is 0.337 e. The largest absolute Gasteiger partial charge is 0.465 e. The molecule has 0 radical (unpaired) electrons. The lowest BCUT2D eigenvalue weighted by molar-refractivity contribution is 0.0601. The van der Waals surface area contributed by atoms with Crippen LogP contribution >= 0.6 is 22.9 Å². The normalized spacial score (nSPS) is 10.6. The molecule has 2 rings (SSSR count). The van der Waals surface area contributed by atoms with Crippen molar-refractivity contribution >= 4 is 51.3 Å². The van der Waals surface area contributed by atoms with Gasteiger partial charge in [-0.3, -0.25) is 0 Å². The molecule has 20 heavy (non-hydrogen) atoms. The van der Waals surface area contributed by atoms with Gasteiger partial charge in [0.05, 0.1) is 18.4 Å². The second-order valence-corrected chi connectivity index (χ2v) is 5.86. The molecular formula is C11H9ClN2O4S2. The van der Waals surface area contributed by atoms with Gasteiger partial charge in [-0.25, -0.2) is 22.5 Å². The number of thiol groups is 1. The molecular weight excluding hydrogens is 324 g/mol. The number of benzene rings is 1. The van der Waals surface area contributed by atoms with Gasteiger partial charge in [0.2, 0.25) is 10.9 Å². The predicted octanol–water partition coefficient (Wildman–Crippen LogP) is 2.25. The van der Waals surface area contributed by atoms with Gasteiger partial charge in [-0.05, 0) is 24.3 Å². The molecule has 0 fully saturated rings. The van der Waals surface area contributed by atoms with Crippen molar-refractivity contribution in [2.75, 3.05) is 11.4 Å². The first-order valence-electron chi connectivity index (χ1n) is 5.26. The Bertz CT molecular complexity index is 689. The quantitative estimate of drug-likeness (QED) is 0.686. The number of ether oxygens (including phenoxy) is 1. The van der Waals surface area contributed by atoms with E-state index in [1.807, 2.05) is 0 Å². The van der Waals surface area contributed by atoms with Crippen LogP contribution < -0.4 is 4.31 Å². The van der Waals surface area contributed by atoms with Crippen LogP contribution in [0, 0.1) is 0 Å². The third-order valence-electron chi connectivity index (χ3n) is 2.38. The van der Waals surface area contributed by atoms with Crippen LogP contribution in [0.1, 0.15) is 10.4 Å². The highest BCUT2D eigenvalue weighted by Crippen LogP contribution is 2.29. The second-order valence-electron chi connectivity index (χ2n) is 3.55. The predicted molar refractivity (Wildman–Crippen MR) is 77.4 cm³/mol. The van der Waals surface area contributed by atoms with Crippen LogP contribution in [0.25, 0.3) is 0 Å². The lowest BCUT2D eigenvalue weighted by Crippen LogP contribution is -2.15. The number of carbonyl (C=O) groups excluding carboxylic acids is 1. The third-order valence-corrected chi connectivity index (χ3v) is 4.11.